The van der Waals surface area contributed by atoms with E-state index in [1.54, 1.807) is 60.7 Å². The van der Waals surface area contributed by atoms with Crippen LogP contribution in [0.4, 0.5) is 11.4 Å². The maximum Gasteiger partial charge on any atom is 0.343 e. The third kappa shape index (κ3) is 6.45. The molecule has 0 spiro atoms. The van der Waals surface area contributed by atoms with Gasteiger partial charge in [-0.3, -0.25) is 0 Å². The molecule has 166 valence electrons. The highest BCUT2D eigenvalue weighted by Gasteiger charge is 2.13. The van der Waals surface area contributed by atoms with Crippen molar-refractivity contribution < 1.29 is 19.0 Å². The minimum atomic E-state index is -0.506. The van der Waals surface area contributed by atoms with Crippen molar-refractivity contribution in [3.05, 3.63) is 76.3 Å². The van der Waals surface area contributed by atoms with Crippen LogP contribution in [0, 0.1) is 0 Å². The molecule has 3 aromatic carbocycles. The van der Waals surface area contributed by atoms with Crippen LogP contribution in [0.25, 0.3) is 0 Å². The van der Waals surface area contributed by atoms with Gasteiger partial charge in [-0.15, -0.1) is 0 Å². The number of methoxy groups -OCH3 is 1. The van der Waals surface area contributed by atoms with E-state index in [1.807, 2.05) is 0 Å². The second kappa shape index (κ2) is 11.5. The van der Waals surface area contributed by atoms with Crippen molar-refractivity contribution >= 4 is 40.5 Å². The fourth-order valence-corrected chi connectivity index (χ4v) is 2.94. The first-order valence-electron chi connectivity index (χ1n) is 10.00. The van der Waals surface area contributed by atoms with Crippen molar-refractivity contribution in [2.75, 3.05) is 13.7 Å². The van der Waals surface area contributed by atoms with Crippen LogP contribution in [0.5, 0.6) is 17.2 Å². The van der Waals surface area contributed by atoms with E-state index in [0.29, 0.717) is 45.1 Å². The van der Waals surface area contributed by atoms with Gasteiger partial charge >= 0.3 is 5.97 Å². The summed E-state index contributed by atoms with van der Waals surface area (Å²) in [6.45, 7) is 2.74. The molecule has 0 aliphatic heterocycles. The number of unbranched alkanes of at least 4 members (excludes halogenated alkanes) is 1. The predicted octanol–water partition coefficient (Wildman–Crippen LogP) is 7.82. The SMILES string of the molecule is CCCCOc1ccc(C(=O)Oc2ccc(N=Nc3ccc(Cl)c(Cl)c3)cc2OC)cc1. The Labute approximate surface area is 196 Å². The largest absolute Gasteiger partial charge is 0.494 e. The zero-order valence-electron chi connectivity index (χ0n) is 17.7. The molecule has 0 aromatic heterocycles. The van der Waals surface area contributed by atoms with Gasteiger partial charge in [-0.05, 0) is 61.0 Å². The summed E-state index contributed by atoms with van der Waals surface area (Å²) in [5, 5.41) is 9.13. The molecule has 0 heterocycles. The lowest BCUT2D eigenvalue weighted by atomic mass is 10.2. The molecule has 0 aliphatic rings. The number of rotatable bonds is 9. The third-order valence-electron chi connectivity index (χ3n) is 4.39. The molecular weight excluding hydrogens is 451 g/mol. The highest BCUT2D eigenvalue weighted by atomic mass is 35.5. The van der Waals surface area contributed by atoms with Crippen molar-refractivity contribution in [3.8, 4) is 17.2 Å². The van der Waals surface area contributed by atoms with E-state index < -0.39 is 5.97 Å². The number of carbonyl (C=O) groups is 1. The average Bonchev–Trinajstić information content (AvgIpc) is 2.81. The Hall–Kier alpha value is -3.09. The maximum atomic E-state index is 12.5. The molecular formula is C24H22Cl2N2O4. The maximum absolute atomic E-state index is 12.5. The summed E-state index contributed by atoms with van der Waals surface area (Å²) >= 11 is 11.9. The monoisotopic (exact) mass is 472 g/mol. The van der Waals surface area contributed by atoms with Gasteiger partial charge in [0.25, 0.3) is 0 Å². The molecule has 0 N–H and O–H groups in total. The van der Waals surface area contributed by atoms with Gasteiger partial charge < -0.3 is 14.2 Å². The number of halogens is 2. The molecule has 3 aromatic rings. The molecule has 3 rings (SSSR count). The average molecular weight is 473 g/mol. The minimum Gasteiger partial charge on any atom is -0.494 e. The standard InChI is InChI=1S/C24H22Cl2N2O4/c1-3-4-13-31-19-9-5-16(6-10-19)24(29)32-22-12-8-18(15-23(22)30-2)28-27-17-7-11-20(25)21(26)14-17/h5-12,14-15H,3-4,13H2,1-2H3. The summed E-state index contributed by atoms with van der Waals surface area (Å²) in [4.78, 5) is 12.5. The lowest BCUT2D eigenvalue weighted by Crippen LogP contribution is -2.09. The summed E-state index contributed by atoms with van der Waals surface area (Å²) in [6.07, 6.45) is 2.04. The second-order valence-corrected chi connectivity index (χ2v) is 7.56. The summed E-state index contributed by atoms with van der Waals surface area (Å²) in [5.41, 5.74) is 1.47. The second-order valence-electron chi connectivity index (χ2n) is 6.75. The highest BCUT2D eigenvalue weighted by molar-refractivity contribution is 6.42. The van der Waals surface area contributed by atoms with E-state index >= 15 is 0 Å². The number of carbonyl (C=O) groups excluding carboxylic acids is 1. The van der Waals surface area contributed by atoms with Crippen LogP contribution in [0.3, 0.4) is 0 Å². The fraction of sp³-hybridized carbons (Fsp3) is 0.208. The molecule has 0 fully saturated rings. The lowest BCUT2D eigenvalue weighted by Gasteiger charge is -2.10. The van der Waals surface area contributed by atoms with Gasteiger partial charge in [0.1, 0.15) is 5.75 Å². The fourth-order valence-electron chi connectivity index (χ4n) is 2.65. The first-order chi connectivity index (χ1) is 15.5. The highest BCUT2D eigenvalue weighted by Crippen LogP contribution is 2.33. The topological polar surface area (TPSA) is 69.5 Å². The third-order valence-corrected chi connectivity index (χ3v) is 5.13. The zero-order chi connectivity index (χ0) is 22.9. The quantitative estimate of drug-likeness (QED) is 0.138. The first kappa shape index (κ1) is 23.6. The number of esters is 1. The summed E-state index contributed by atoms with van der Waals surface area (Å²) in [7, 11) is 1.48. The molecule has 0 amide bonds. The normalized spacial score (nSPS) is 10.9. The van der Waals surface area contributed by atoms with Gasteiger partial charge in [-0.1, -0.05) is 36.5 Å². The van der Waals surface area contributed by atoms with E-state index in [0.717, 1.165) is 12.8 Å². The summed E-state index contributed by atoms with van der Waals surface area (Å²) in [5.74, 6) is 0.829. The van der Waals surface area contributed by atoms with Crippen LogP contribution < -0.4 is 14.2 Å². The molecule has 32 heavy (non-hydrogen) atoms. The molecule has 6 nitrogen and oxygen atoms in total. The first-order valence-corrected chi connectivity index (χ1v) is 10.8. The van der Waals surface area contributed by atoms with Crippen LogP contribution in [0.15, 0.2) is 70.9 Å². The molecule has 0 bridgehead atoms. The number of benzene rings is 3. The number of hydrogen-bond acceptors (Lipinski definition) is 6. The van der Waals surface area contributed by atoms with Gasteiger partial charge in [0.2, 0.25) is 0 Å². The minimum absolute atomic E-state index is 0.272. The van der Waals surface area contributed by atoms with Crippen LogP contribution in [0.2, 0.25) is 10.0 Å². The molecule has 0 aliphatic carbocycles. The Morgan fingerprint density at radius 2 is 1.56 bits per heavy atom. The van der Waals surface area contributed by atoms with E-state index in [4.69, 9.17) is 37.4 Å². The van der Waals surface area contributed by atoms with E-state index in [2.05, 4.69) is 17.2 Å². The number of azo groups is 1. The molecule has 0 saturated heterocycles. The predicted molar refractivity (Wildman–Crippen MR) is 125 cm³/mol. The van der Waals surface area contributed by atoms with Crippen molar-refractivity contribution in [3.63, 3.8) is 0 Å². The van der Waals surface area contributed by atoms with E-state index in [1.165, 1.54) is 7.11 Å². The van der Waals surface area contributed by atoms with Crippen molar-refractivity contribution in [1.29, 1.82) is 0 Å². The lowest BCUT2D eigenvalue weighted by molar-refractivity contribution is 0.0729. The Bertz CT molecular complexity index is 1100. The number of ether oxygens (including phenoxy) is 3. The van der Waals surface area contributed by atoms with Crippen molar-refractivity contribution in [2.45, 2.75) is 19.8 Å². The van der Waals surface area contributed by atoms with Gasteiger partial charge in [-0.2, -0.15) is 10.2 Å². The van der Waals surface area contributed by atoms with Crippen LogP contribution in [-0.2, 0) is 0 Å². The van der Waals surface area contributed by atoms with Crippen molar-refractivity contribution in [1.82, 2.24) is 0 Å². The molecule has 0 unspecified atom stereocenters. The van der Waals surface area contributed by atoms with E-state index in [-0.39, 0.29) is 5.75 Å². The van der Waals surface area contributed by atoms with Gasteiger partial charge in [-0.25, -0.2) is 4.79 Å². The van der Waals surface area contributed by atoms with Crippen molar-refractivity contribution in [2.24, 2.45) is 10.2 Å². The Balaban J connectivity index is 1.68. The molecule has 8 heteroatoms. The summed E-state index contributed by atoms with van der Waals surface area (Å²) < 4.78 is 16.5. The molecule has 0 radical (unpaired) electrons. The number of nitrogens with zero attached hydrogens (tertiary/aromatic N) is 2. The van der Waals surface area contributed by atoms with Gasteiger partial charge in [0, 0.05) is 6.07 Å². The Kier molecular flexibility index (Phi) is 8.48. The van der Waals surface area contributed by atoms with Gasteiger partial charge in [0.05, 0.1) is 40.7 Å². The Morgan fingerprint density at radius 3 is 2.22 bits per heavy atom. The zero-order valence-corrected chi connectivity index (χ0v) is 19.2. The van der Waals surface area contributed by atoms with Crippen LogP contribution in [0.1, 0.15) is 30.1 Å². The number of hydrogen-bond donors (Lipinski definition) is 0. The molecule has 0 atom stereocenters. The summed E-state index contributed by atoms with van der Waals surface area (Å²) in [6, 6.07) is 16.7. The van der Waals surface area contributed by atoms with Gasteiger partial charge in [0.15, 0.2) is 11.5 Å². The van der Waals surface area contributed by atoms with Crippen LogP contribution >= 0.6 is 23.2 Å². The van der Waals surface area contributed by atoms with Crippen LogP contribution in [-0.4, -0.2) is 19.7 Å². The Morgan fingerprint density at radius 1 is 0.875 bits per heavy atom. The smallest absolute Gasteiger partial charge is 0.343 e. The van der Waals surface area contributed by atoms with E-state index in [9.17, 15) is 4.79 Å². The molecule has 0 saturated carbocycles.